The number of benzene rings is 1. The van der Waals surface area contributed by atoms with Crippen LogP contribution in [0.2, 0.25) is 0 Å². The topological polar surface area (TPSA) is 200 Å². The van der Waals surface area contributed by atoms with Gasteiger partial charge in [-0.05, 0) is 23.6 Å². The van der Waals surface area contributed by atoms with Crippen LogP contribution < -0.4 is 21.7 Å². The number of nitrogens with two attached hydrogens (primary N) is 1. The quantitative estimate of drug-likeness (QED) is 0.204. The smallest absolute Gasteiger partial charge is 0.326 e. The minimum Gasteiger partial charge on any atom is -0.508 e. The van der Waals surface area contributed by atoms with Crippen molar-refractivity contribution in [2.75, 3.05) is 6.54 Å². The van der Waals surface area contributed by atoms with Crippen molar-refractivity contribution in [1.29, 1.82) is 0 Å². The summed E-state index contributed by atoms with van der Waals surface area (Å²) in [5.74, 6) is -3.45. The van der Waals surface area contributed by atoms with Crippen molar-refractivity contribution < 1.29 is 29.4 Å². The molecular formula is C22H30N6O6. The lowest BCUT2D eigenvalue weighted by molar-refractivity contribution is -0.143. The third-order valence-corrected chi connectivity index (χ3v) is 5.01. The van der Waals surface area contributed by atoms with E-state index in [9.17, 15) is 29.4 Å². The number of aromatic nitrogens is 2. The maximum absolute atomic E-state index is 12.8. The number of nitrogens with one attached hydrogen (secondary N) is 4. The zero-order chi connectivity index (χ0) is 25.3. The minimum absolute atomic E-state index is 0.0358. The first-order chi connectivity index (χ1) is 16.1. The molecule has 0 aliphatic heterocycles. The Balaban J connectivity index is 2.01. The minimum atomic E-state index is -1.20. The fraction of sp³-hybridized carbons (Fsp3) is 0.409. The van der Waals surface area contributed by atoms with Gasteiger partial charge in [0, 0.05) is 24.7 Å². The van der Waals surface area contributed by atoms with Gasteiger partial charge in [-0.25, -0.2) is 9.78 Å². The van der Waals surface area contributed by atoms with Crippen LogP contribution >= 0.6 is 0 Å². The molecule has 0 fully saturated rings. The van der Waals surface area contributed by atoms with Gasteiger partial charge in [0.2, 0.25) is 17.7 Å². The predicted molar refractivity (Wildman–Crippen MR) is 121 cm³/mol. The van der Waals surface area contributed by atoms with Crippen molar-refractivity contribution in [2.45, 2.75) is 44.8 Å². The number of phenolic OH excluding ortho intramolecular Hbond substituents is 1. The molecule has 1 aromatic heterocycles. The Morgan fingerprint density at radius 1 is 1.06 bits per heavy atom. The summed E-state index contributed by atoms with van der Waals surface area (Å²) in [4.78, 5) is 55.7. The number of H-pyrrole nitrogens is 1. The molecule has 0 bridgehead atoms. The van der Waals surface area contributed by atoms with E-state index in [4.69, 9.17) is 5.73 Å². The number of carbonyl (C=O) groups is 4. The van der Waals surface area contributed by atoms with E-state index >= 15 is 0 Å². The maximum atomic E-state index is 12.8. The van der Waals surface area contributed by atoms with Crippen LogP contribution in [0.5, 0.6) is 5.75 Å². The zero-order valence-electron chi connectivity index (χ0n) is 18.9. The second-order valence-corrected chi connectivity index (χ2v) is 8.16. The van der Waals surface area contributed by atoms with E-state index in [1.807, 2.05) is 0 Å². The third kappa shape index (κ3) is 8.20. The molecule has 0 saturated heterocycles. The number of aromatic hydroxyl groups is 1. The lowest BCUT2D eigenvalue weighted by Crippen LogP contribution is -2.55. The van der Waals surface area contributed by atoms with Crippen LogP contribution in [-0.4, -0.2) is 68.5 Å². The van der Waals surface area contributed by atoms with E-state index in [2.05, 4.69) is 25.9 Å². The number of phenols is 1. The highest BCUT2D eigenvalue weighted by atomic mass is 16.4. The number of aromatic amines is 1. The van der Waals surface area contributed by atoms with Crippen molar-refractivity contribution in [3.8, 4) is 5.75 Å². The number of imidazole rings is 1. The Morgan fingerprint density at radius 2 is 1.74 bits per heavy atom. The van der Waals surface area contributed by atoms with Crippen molar-refractivity contribution in [1.82, 2.24) is 25.9 Å². The van der Waals surface area contributed by atoms with E-state index in [0.29, 0.717) is 11.3 Å². The molecule has 1 heterocycles. The molecule has 0 spiro atoms. The molecule has 12 heteroatoms. The van der Waals surface area contributed by atoms with Crippen LogP contribution in [0.4, 0.5) is 0 Å². The Labute approximate surface area is 196 Å². The molecular weight excluding hydrogens is 444 g/mol. The monoisotopic (exact) mass is 474 g/mol. The molecule has 184 valence electrons. The SMILES string of the molecule is CC(C)C(NC(=O)C(Cc1ccc(O)cc1)NC(=O)CNC(=O)C(N)Cc1cnc[nH]1)C(=O)O. The van der Waals surface area contributed by atoms with Crippen LogP contribution in [0.25, 0.3) is 0 Å². The van der Waals surface area contributed by atoms with Gasteiger partial charge in [-0.3, -0.25) is 14.4 Å². The standard InChI is InChI=1S/C22H30N6O6/c1-12(2)19(22(33)34)28-21(32)17(7-13-3-5-15(29)6-4-13)27-18(30)10-25-20(31)16(23)8-14-9-24-11-26-14/h3-6,9,11-12,16-17,19,29H,7-8,10,23H2,1-2H3,(H,24,26)(H,25,31)(H,27,30)(H,28,32)(H,33,34). The molecule has 8 N–H and O–H groups in total. The van der Waals surface area contributed by atoms with Gasteiger partial charge in [-0.2, -0.15) is 0 Å². The summed E-state index contributed by atoms with van der Waals surface area (Å²) in [7, 11) is 0. The first kappa shape index (κ1) is 26.3. The van der Waals surface area contributed by atoms with E-state index < -0.39 is 48.4 Å². The summed E-state index contributed by atoms with van der Waals surface area (Å²) in [5.41, 5.74) is 7.13. The van der Waals surface area contributed by atoms with Crippen molar-refractivity contribution in [2.24, 2.45) is 11.7 Å². The summed E-state index contributed by atoms with van der Waals surface area (Å²) >= 11 is 0. The Bertz CT molecular complexity index is 976. The van der Waals surface area contributed by atoms with Crippen molar-refractivity contribution in [3.05, 3.63) is 48.0 Å². The zero-order valence-corrected chi connectivity index (χ0v) is 18.9. The van der Waals surface area contributed by atoms with Gasteiger partial charge < -0.3 is 36.9 Å². The first-order valence-electron chi connectivity index (χ1n) is 10.7. The van der Waals surface area contributed by atoms with E-state index in [1.165, 1.54) is 24.7 Å². The molecule has 3 atom stereocenters. The molecule has 2 rings (SSSR count). The number of carboxylic acids is 1. The second-order valence-electron chi connectivity index (χ2n) is 8.16. The molecule has 0 aliphatic carbocycles. The predicted octanol–water partition coefficient (Wildman–Crippen LogP) is -0.946. The highest BCUT2D eigenvalue weighted by Crippen LogP contribution is 2.12. The average Bonchev–Trinajstić information content (AvgIpc) is 3.29. The second kappa shape index (κ2) is 12.3. The van der Waals surface area contributed by atoms with Gasteiger partial charge in [-0.1, -0.05) is 26.0 Å². The van der Waals surface area contributed by atoms with Gasteiger partial charge in [-0.15, -0.1) is 0 Å². The number of hydrogen-bond acceptors (Lipinski definition) is 7. The average molecular weight is 475 g/mol. The van der Waals surface area contributed by atoms with Crippen LogP contribution in [-0.2, 0) is 32.0 Å². The van der Waals surface area contributed by atoms with Gasteiger partial charge in [0.25, 0.3) is 0 Å². The lowest BCUT2D eigenvalue weighted by atomic mass is 10.0. The molecule has 12 nitrogen and oxygen atoms in total. The molecule has 3 amide bonds. The van der Waals surface area contributed by atoms with Crippen LogP contribution in [0.15, 0.2) is 36.8 Å². The third-order valence-electron chi connectivity index (χ3n) is 5.01. The molecule has 0 aliphatic rings. The fourth-order valence-electron chi connectivity index (χ4n) is 3.11. The number of carboxylic acid groups (broad SMARTS) is 1. The molecule has 0 radical (unpaired) electrons. The van der Waals surface area contributed by atoms with Crippen molar-refractivity contribution in [3.63, 3.8) is 0 Å². The number of nitrogens with zero attached hydrogens (tertiary/aromatic N) is 1. The number of aliphatic carboxylic acids is 1. The fourth-order valence-corrected chi connectivity index (χ4v) is 3.11. The normalized spacial score (nSPS) is 13.5. The Hall–Kier alpha value is -3.93. The molecule has 1 aromatic carbocycles. The molecule has 0 saturated carbocycles. The molecule has 3 unspecified atom stereocenters. The van der Waals surface area contributed by atoms with Gasteiger partial charge in [0.05, 0.1) is 18.9 Å². The van der Waals surface area contributed by atoms with Gasteiger partial charge in [0.1, 0.15) is 17.8 Å². The van der Waals surface area contributed by atoms with E-state index in [0.717, 1.165) is 0 Å². The Kier molecular flexibility index (Phi) is 9.56. The molecule has 2 aromatic rings. The number of hydrogen-bond donors (Lipinski definition) is 7. The Morgan fingerprint density at radius 3 is 2.29 bits per heavy atom. The van der Waals surface area contributed by atoms with E-state index in [1.54, 1.807) is 26.0 Å². The lowest BCUT2D eigenvalue weighted by Gasteiger charge is -2.23. The largest absolute Gasteiger partial charge is 0.508 e. The highest BCUT2D eigenvalue weighted by molar-refractivity contribution is 5.92. The van der Waals surface area contributed by atoms with Gasteiger partial charge >= 0.3 is 5.97 Å². The maximum Gasteiger partial charge on any atom is 0.326 e. The summed E-state index contributed by atoms with van der Waals surface area (Å²) in [6, 6.07) is 2.85. The number of rotatable bonds is 12. The number of amides is 3. The van der Waals surface area contributed by atoms with Crippen molar-refractivity contribution >= 4 is 23.7 Å². The van der Waals surface area contributed by atoms with Crippen LogP contribution in [0.1, 0.15) is 25.1 Å². The summed E-state index contributed by atoms with van der Waals surface area (Å²) < 4.78 is 0. The van der Waals surface area contributed by atoms with Crippen LogP contribution in [0, 0.1) is 5.92 Å². The van der Waals surface area contributed by atoms with Gasteiger partial charge in [0.15, 0.2) is 0 Å². The number of carbonyl (C=O) groups excluding carboxylic acids is 3. The van der Waals surface area contributed by atoms with Crippen LogP contribution in [0.3, 0.4) is 0 Å². The summed E-state index contributed by atoms with van der Waals surface area (Å²) in [5, 5.41) is 26.2. The first-order valence-corrected chi connectivity index (χ1v) is 10.7. The highest BCUT2D eigenvalue weighted by Gasteiger charge is 2.29. The summed E-state index contributed by atoms with van der Waals surface area (Å²) in [6.45, 7) is 2.87. The van der Waals surface area contributed by atoms with E-state index in [-0.39, 0.29) is 24.5 Å². The molecule has 34 heavy (non-hydrogen) atoms. The summed E-state index contributed by atoms with van der Waals surface area (Å²) in [6.07, 6.45) is 3.23.